The fourth-order valence-corrected chi connectivity index (χ4v) is 3.28. The van der Waals surface area contributed by atoms with Gasteiger partial charge in [-0.25, -0.2) is 0 Å². The summed E-state index contributed by atoms with van der Waals surface area (Å²) in [7, 11) is 0. The summed E-state index contributed by atoms with van der Waals surface area (Å²) in [5.74, 6) is -0.913. The molecule has 1 heterocycles. The molecule has 0 aromatic heterocycles. The fraction of sp³-hybridized carbons (Fsp3) is 0.529. The third kappa shape index (κ3) is 5.04. The standard InChI is InChI=1S/C17H22BrNO4/c1-2-12(9-13-5-3-4-6-15(13)18)17(22)19-7-8-23-14(11-19)10-16(20)21/h3-6,12,14H,2,7-11H2,1H3,(H,20,21)/t12-,14+/m1/s1. The highest BCUT2D eigenvalue weighted by atomic mass is 79.9. The first-order chi connectivity index (χ1) is 11.0. The molecule has 1 amide bonds. The van der Waals surface area contributed by atoms with Gasteiger partial charge in [0.25, 0.3) is 0 Å². The minimum atomic E-state index is -0.899. The van der Waals surface area contributed by atoms with E-state index in [4.69, 9.17) is 9.84 Å². The van der Waals surface area contributed by atoms with E-state index in [2.05, 4.69) is 15.9 Å². The zero-order valence-electron chi connectivity index (χ0n) is 13.2. The predicted octanol–water partition coefficient (Wildman–Crippen LogP) is 2.72. The molecule has 2 atom stereocenters. The molecule has 126 valence electrons. The zero-order chi connectivity index (χ0) is 16.8. The van der Waals surface area contributed by atoms with Crippen LogP contribution in [0.5, 0.6) is 0 Å². The van der Waals surface area contributed by atoms with Crippen molar-refractivity contribution in [3.8, 4) is 0 Å². The second kappa shape index (κ2) is 8.45. The van der Waals surface area contributed by atoms with E-state index in [1.165, 1.54) is 0 Å². The molecule has 0 bridgehead atoms. The van der Waals surface area contributed by atoms with E-state index in [0.717, 1.165) is 16.5 Å². The lowest BCUT2D eigenvalue weighted by Gasteiger charge is -2.34. The number of nitrogens with zero attached hydrogens (tertiary/aromatic N) is 1. The summed E-state index contributed by atoms with van der Waals surface area (Å²) < 4.78 is 6.45. The van der Waals surface area contributed by atoms with Gasteiger partial charge in [0, 0.05) is 23.5 Å². The fourth-order valence-electron chi connectivity index (χ4n) is 2.83. The van der Waals surface area contributed by atoms with Gasteiger partial charge in [0.15, 0.2) is 0 Å². The Bertz CT molecular complexity index is 563. The second-order valence-electron chi connectivity index (χ2n) is 5.78. The van der Waals surface area contributed by atoms with Crippen LogP contribution < -0.4 is 0 Å². The Morgan fingerprint density at radius 3 is 2.83 bits per heavy atom. The lowest BCUT2D eigenvalue weighted by molar-refractivity contribution is -0.149. The molecule has 0 aliphatic carbocycles. The monoisotopic (exact) mass is 383 g/mol. The van der Waals surface area contributed by atoms with Crippen LogP contribution in [0.15, 0.2) is 28.7 Å². The van der Waals surface area contributed by atoms with Gasteiger partial charge in [0.2, 0.25) is 5.91 Å². The van der Waals surface area contributed by atoms with Crippen LogP contribution in [0.25, 0.3) is 0 Å². The Balaban J connectivity index is 2.01. The molecule has 1 aromatic carbocycles. The molecule has 1 aliphatic rings. The van der Waals surface area contributed by atoms with Gasteiger partial charge in [-0.1, -0.05) is 41.1 Å². The number of carbonyl (C=O) groups excluding carboxylic acids is 1. The number of ether oxygens (including phenoxy) is 1. The van der Waals surface area contributed by atoms with Gasteiger partial charge < -0.3 is 14.7 Å². The average molecular weight is 384 g/mol. The summed E-state index contributed by atoms with van der Waals surface area (Å²) in [6, 6.07) is 7.92. The van der Waals surface area contributed by atoms with Gasteiger partial charge in [-0.2, -0.15) is 0 Å². The lowest BCUT2D eigenvalue weighted by atomic mass is 9.95. The Morgan fingerprint density at radius 2 is 2.17 bits per heavy atom. The first-order valence-electron chi connectivity index (χ1n) is 7.86. The molecule has 0 unspecified atom stereocenters. The minimum Gasteiger partial charge on any atom is -0.481 e. The molecule has 0 radical (unpaired) electrons. The van der Waals surface area contributed by atoms with E-state index in [1.54, 1.807) is 4.90 Å². The van der Waals surface area contributed by atoms with Gasteiger partial charge in [-0.3, -0.25) is 9.59 Å². The molecule has 1 fully saturated rings. The second-order valence-corrected chi connectivity index (χ2v) is 6.63. The third-order valence-corrected chi connectivity index (χ3v) is 4.89. The molecule has 0 saturated carbocycles. The number of hydrogen-bond acceptors (Lipinski definition) is 3. The molecule has 23 heavy (non-hydrogen) atoms. The van der Waals surface area contributed by atoms with Crippen LogP contribution >= 0.6 is 15.9 Å². The normalized spacial score (nSPS) is 19.4. The third-order valence-electron chi connectivity index (χ3n) is 4.12. The van der Waals surface area contributed by atoms with E-state index in [1.807, 2.05) is 31.2 Å². The SMILES string of the molecule is CC[C@H](Cc1ccccc1Br)C(=O)N1CCO[C@@H](CC(=O)O)C1. The number of carboxylic acids is 1. The van der Waals surface area contributed by atoms with E-state index in [-0.39, 0.29) is 18.2 Å². The smallest absolute Gasteiger partial charge is 0.306 e. The summed E-state index contributed by atoms with van der Waals surface area (Å²) in [5, 5.41) is 8.88. The number of benzene rings is 1. The van der Waals surface area contributed by atoms with Crippen molar-refractivity contribution in [2.24, 2.45) is 5.92 Å². The molecule has 6 heteroatoms. The first-order valence-corrected chi connectivity index (χ1v) is 8.66. The van der Waals surface area contributed by atoms with Crippen LogP contribution in [0, 0.1) is 5.92 Å². The van der Waals surface area contributed by atoms with E-state index in [9.17, 15) is 9.59 Å². The van der Waals surface area contributed by atoms with Gasteiger partial charge in [0.05, 0.1) is 19.1 Å². The quantitative estimate of drug-likeness (QED) is 0.819. The summed E-state index contributed by atoms with van der Waals surface area (Å²) >= 11 is 3.53. The van der Waals surface area contributed by atoms with Gasteiger partial charge >= 0.3 is 5.97 Å². The van der Waals surface area contributed by atoms with E-state index in [0.29, 0.717) is 26.1 Å². The van der Waals surface area contributed by atoms with Crippen molar-refractivity contribution >= 4 is 27.8 Å². The maximum atomic E-state index is 12.8. The minimum absolute atomic E-state index is 0.0647. The van der Waals surface area contributed by atoms with E-state index < -0.39 is 12.1 Å². The van der Waals surface area contributed by atoms with Crippen molar-refractivity contribution < 1.29 is 19.4 Å². The summed E-state index contributed by atoms with van der Waals surface area (Å²) in [6.45, 7) is 3.29. The van der Waals surface area contributed by atoms with Gasteiger partial charge in [0.1, 0.15) is 0 Å². The first kappa shape index (κ1) is 17.9. The number of carboxylic acid groups (broad SMARTS) is 1. The van der Waals surface area contributed by atoms with Crippen LogP contribution in [-0.2, 0) is 20.7 Å². The molecule has 5 nitrogen and oxygen atoms in total. The Labute approximate surface area is 144 Å². The molecule has 1 N–H and O–H groups in total. The van der Waals surface area contributed by atoms with Gasteiger partial charge in [-0.15, -0.1) is 0 Å². The predicted molar refractivity (Wildman–Crippen MR) is 90.2 cm³/mol. The van der Waals surface area contributed by atoms with Crippen LogP contribution in [0.4, 0.5) is 0 Å². The maximum absolute atomic E-state index is 12.8. The van der Waals surface area contributed by atoms with Crippen molar-refractivity contribution in [1.82, 2.24) is 4.90 Å². The lowest BCUT2D eigenvalue weighted by Crippen LogP contribution is -2.48. The number of rotatable bonds is 6. The van der Waals surface area contributed by atoms with Crippen molar-refractivity contribution in [2.75, 3.05) is 19.7 Å². The van der Waals surface area contributed by atoms with Crippen molar-refractivity contribution in [1.29, 1.82) is 0 Å². The van der Waals surface area contributed by atoms with Crippen molar-refractivity contribution in [2.45, 2.75) is 32.3 Å². The zero-order valence-corrected chi connectivity index (χ0v) is 14.8. The molecule has 0 spiro atoms. The number of amides is 1. The highest BCUT2D eigenvalue weighted by molar-refractivity contribution is 9.10. The maximum Gasteiger partial charge on any atom is 0.306 e. The number of hydrogen-bond donors (Lipinski definition) is 1. The van der Waals surface area contributed by atoms with Crippen LogP contribution in [0.2, 0.25) is 0 Å². The molecule has 1 aromatic rings. The topological polar surface area (TPSA) is 66.8 Å². The van der Waals surface area contributed by atoms with Crippen molar-refractivity contribution in [3.05, 3.63) is 34.3 Å². The molecule has 1 saturated heterocycles. The average Bonchev–Trinajstić information content (AvgIpc) is 2.53. The summed E-state index contributed by atoms with van der Waals surface area (Å²) in [6.07, 6.45) is 0.954. The Morgan fingerprint density at radius 1 is 1.43 bits per heavy atom. The van der Waals surface area contributed by atoms with Crippen molar-refractivity contribution in [3.63, 3.8) is 0 Å². The Hall–Kier alpha value is -1.40. The van der Waals surface area contributed by atoms with E-state index >= 15 is 0 Å². The van der Waals surface area contributed by atoms with Crippen LogP contribution in [0.1, 0.15) is 25.3 Å². The summed E-state index contributed by atoms with van der Waals surface area (Å²) in [4.78, 5) is 25.4. The molecule has 2 rings (SSSR count). The number of halogens is 1. The number of aliphatic carboxylic acids is 1. The molecular formula is C17H22BrNO4. The highest BCUT2D eigenvalue weighted by Gasteiger charge is 2.29. The summed E-state index contributed by atoms with van der Waals surface area (Å²) in [5.41, 5.74) is 1.11. The van der Waals surface area contributed by atoms with Crippen LogP contribution in [-0.4, -0.2) is 47.7 Å². The number of morpholine rings is 1. The molecule has 1 aliphatic heterocycles. The van der Waals surface area contributed by atoms with Crippen LogP contribution in [0.3, 0.4) is 0 Å². The van der Waals surface area contributed by atoms with Gasteiger partial charge in [-0.05, 0) is 24.5 Å². The number of carbonyl (C=O) groups is 2. The highest BCUT2D eigenvalue weighted by Crippen LogP contribution is 2.23. The largest absolute Gasteiger partial charge is 0.481 e. The Kier molecular flexibility index (Phi) is 6.59. The molecular weight excluding hydrogens is 362 g/mol.